The molecule has 0 spiro atoms. The largest absolute Gasteiger partial charge is 0.463 e. The number of aromatic nitrogens is 2. The van der Waals surface area contributed by atoms with Crippen molar-refractivity contribution < 1.29 is 18.0 Å². The Bertz CT molecular complexity index is 1350. The molecule has 5 rings (SSSR count). The summed E-state index contributed by atoms with van der Waals surface area (Å²) in [5.41, 5.74) is 2.55. The molecule has 6 nitrogen and oxygen atoms in total. The second-order valence-electron chi connectivity index (χ2n) is 6.51. The van der Waals surface area contributed by atoms with Gasteiger partial charge in [-0.05, 0) is 54.6 Å². The van der Waals surface area contributed by atoms with Gasteiger partial charge < -0.3 is 14.2 Å². The topological polar surface area (TPSA) is 81.2 Å². The summed E-state index contributed by atoms with van der Waals surface area (Å²) in [5.74, 6) is 0.127. The first-order chi connectivity index (χ1) is 14.7. The van der Waals surface area contributed by atoms with Crippen molar-refractivity contribution in [1.29, 1.82) is 0 Å². The highest BCUT2D eigenvalue weighted by Crippen LogP contribution is 2.31. The van der Waals surface area contributed by atoms with E-state index in [9.17, 15) is 9.18 Å². The summed E-state index contributed by atoms with van der Waals surface area (Å²) in [4.78, 5) is 22.0. The fraction of sp³-hybridized carbons (Fsp3) is 0. The third-order valence-electron chi connectivity index (χ3n) is 4.56. The Morgan fingerprint density at radius 1 is 0.800 bits per heavy atom. The van der Waals surface area contributed by atoms with Crippen molar-refractivity contribution in [1.82, 2.24) is 9.97 Å². The standard InChI is InChI=1S/C23H14FN3O3/c24-15-5-1-2-6-16(15)27-23(28)14-9-10-17-18(13-14)26-22(20-8-4-12-30-20)21(25-17)19-7-3-11-29-19/h1-13H,(H,27,28). The number of carbonyl (C=O) groups excluding carboxylic acids is 1. The van der Waals surface area contributed by atoms with Crippen molar-refractivity contribution in [3.05, 3.63) is 90.6 Å². The number of nitrogens with zero attached hydrogens (tertiary/aromatic N) is 2. The lowest BCUT2D eigenvalue weighted by molar-refractivity contribution is 0.102. The number of furan rings is 2. The van der Waals surface area contributed by atoms with Crippen LogP contribution in [-0.4, -0.2) is 15.9 Å². The molecule has 0 bridgehead atoms. The van der Waals surface area contributed by atoms with E-state index in [1.54, 1.807) is 67.1 Å². The monoisotopic (exact) mass is 399 g/mol. The zero-order valence-corrected chi connectivity index (χ0v) is 15.5. The third kappa shape index (κ3) is 3.22. The van der Waals surface area contributed by atoms with Crippen LogP contribution in [0.3, 0.4) is 0 Å². The van der Waals surface area contributed by atoms with Gasteiger partial charge in [0.2, 0.25) is 0 Å². The van der Waals surface area contributed by atoms with Gasteiger partial charge in [0.05, 0.1) is 29.2 Å². The van der Waals surface area contributed by atoms with E-state index in [4.69, 9.17) is 8.83 Å². The molecule has 5 aromatic rings. The van der Waals surface area contributed by atoms with Crippen molar-refractivity contribution in [2.75, 3.05) is 5.32 Å². The zero-order valence-electron chi connectivity index (χ0n) is 15.5. The summed E-state index contributed by atoms with van der Waals surface area (Å²) >= 11 is 0. The third-order valence-corrected chi connectivity index (χ3v) is 4.56. The van der Waals surface area contributed by atoms with Crippen molar-refractivity contribution in [2.45, 2.75) is 0 Å². The summed E-state index contributed by atoms with van der Waals surface area (Å²) < 4.78 is 24.9. The molecule has 0 atom stereocenters. The van der Waals surface area contributed by atoms with E-state index in [-0.39, 0.29) is 5.69 Å². The van der Waals surface area contributed by atoms with E-state index in [0.29, 0.717) is 39.5 Å². The predicted octanol–water partition coefficient (Wildman–Crippen LogP) is 5.54. The number of fused-ring (bicyclic) bond motifs is 1. The zero-order chi connectivity index (χ0) is 20.5. The minimum absolute atomic E-state index is 0.109. The molecule has 0 saturated carbocycles. The minimum Gasteiger partial charge on any atom is -0.463 e. The predicted molar refractivity (Wildman–Crippen MR) is 109 cm³/mol. The Morgan fingerprint density at radius 3 is 2.10 bits per heavy atom. The van der Waals surface area contributed by atoms with Crippen LogP contribution in [0.5, 0.6) is 0 Å². The average Bonchev–Trinajstić information content (AvgIpc) is 3.48. The van der Waals surface area contributed by atoms with Crippen LogP contribution < -0.4 is 5.32 Å². The number of hydrogen-bond donors (Lipinski definition) is 1. The molecular weight excluding hydrogens is 385 g/mol. The van der Waals surface area contributed by atoms with E-state index in [1.807, 2.05) is 0 Å². The van der Waals surface area contributed by atoms with Crippen molar-refractivity contribution in [3.8, 4) is 22.9 Å². The molecule has 1 amide bonds. The number of amides is 1. The molecule has 146 valence electrons. The molecule has 7 heteroatoms. The molecule has 1 N–H and O–H groups in total. The molecule has 0 aliphatic rings. The van der Waals surface area contributed by atoms with Gasteiger partial charge >= 0.3 is 0 Å². The van der Waals surface area contributed by atoms with Gasteiger partial charge in [0, 0.05) is 5.56 Å². The number of para-hydroxylation sites is 1. The summed E-state index contributed by atoms with van der Waals surface area (Å²) in [6.07, 6.45) is 3.11. The van der Waals surface area contributed by atoms with Crippen LogP contribution in [-0.2, 0) is 0 Å². The number of rotatable bonds is 4. The molecule has 3 heterocycles. The molecule has 0 fully saturated rings. The van der Waals surface area contributed by atoms with Gasteiger partial charge in [-0.1, -0.05) is 12.1 Å². The molecular formula is C23H14FN3O3. The summed E-state index contributed by atoms with van der Waals surface area (Å²) in [6, 6.07) is 18.0. The fourth-order valence-corrected chi connectivity index (χ4v) is 3.12. The molecule has 2 aromatic carbocycles. The minimum atomic E-state index is -0.505. The maximum Gasteiger partial charge on any atom is 0.255 e. The lowest BCUT2D eigenvalue weighted by atomic mass is 10.1. The van der Waals surface area contributed by atoms with Gasteiger partial charge in [0.25, 0.3) is 5.91 Å². The van der Waals surface area contributed by atoms with Gasteiger partial charge in [-0.25, -0.2) is 14.4 Å². The first-order valence-corrected chi connectivity index (χ1v) is 9.14. The first kappa shape index (κ1) is 17.8. The molecule has 0 saturated heterocycles. The van der Waals surface area contributed by atoms with Crippen LogP contribution in [0.2, 0.25) is 0 Å². The highest BCUT2D eigenvalue weighted by Gasteiger charge is 2.18. The quantitative estimate of drug-likeness (QED) is 0.429. The number of hydrogen-bond acceptors (Lipinski definition) is 5. The van der Waals surface area contributed by atoms with Gasteiger partial charge in [-0.2, -0.15) is 0 Å². The Balaban J connectivity index is 1.58. The van der Waals surface area contributed by atoms with Crippen molar-refractivity contribution >= 4 is 22.6 Å². The van der Waals surface area contributed by atoms with Gasteiger partial charge in [0.1, 0.15) is 17.2 Å². The smallest absolute Gasteiger partial charge is 0.255 e. The summed E-state index contributed by atoms with van der Waals surface area (Å²) in [7, 11) is 0. The molecule has 30 heavy (non-hydrogen) atoms. The highest BCUT2D eigenvalue weighted by molar-refractivity contribution is 6.06. The van der Waals surface area contributed by atoms with Crippen LogP contribution in [0.4, 0.5) is 10.1 Å². The molecule has 0 unspecified atom stereocenters. The van der Waals surface area contributed by atoms with Gasteiger partial charge in [-0.3, -0.25) is 4.79 Å². The number of benzene rings is 2. The lowest BCUT2D eigenvalue weighted by Gasteiger charge is -2.09. The molecule has 0 aliphatic heterocycles. The van der Waals surface area contributed by atoms with Crippen LogP contribution in [0.1, 0.15) is 10.4 Å². The first-order valence-electron chi connectivity index (χ1n) is 9.14. The average molecular weight is 399 g/mol. The Labute approximate surface area is 170 Å². The highest BCUT2D eigenvalue weighted by atomic mass is 19.1. The SMILES string of the molecule is O=C(Nc1ccccc1F)c1ccc2nc(-c3ccco3)c(-c3ccco3)nc2c1. The molecule has 3 aromatic heterocycles. The van der Waals surface area contributed by atoms with E-state index < -0.39 is 11.7 Å². The second kappa shape index (κ2) is 7.29. The lowest BCUT2D eigenvalue weighted by Crippen LogP contribution is -2.13. The summed E-state index contributed by atoms with van der Waals surface area (Å²) in [6.45, 7) is 0. The van der Waals surface area contributed by atoms with E-state index in [2.05, 4.69) is 15.3 Å². The van der Waals surface area contributed by atoms with Crippen LogP contribution in [0, 0.1) is 5.82 Å². The maximum absolute atomic E-state index is 13.9. The summed E-state index contributed by atoms with van der Waals surface area (Å²) in [5, 5.41) is 2.57. The fourth-order valence-electron chi connectivity index (χ4n) is 3.12. The van der Waals surface area contributed by atoms with Crippen LogP contribution >= 0.6 is 0 Å². The Morgan fingerprint density at radius 2 is 1.47 bits per heavy atom. The second-order valence-corrected chi connectivity index (χ2v) is 6.51. The van der Waals surface area contributed by atoms with Gasteiger partial charge in [0.15, 0.2) is 11.5 Å². The number of carbonyl (C=O) groups is 1. The normalized spacial score (nSPS) is 11.0. The maximum atomic E-state index is 13.9. The van der Waals surface area contributed by atoms with E-state index >= 15 is 0 Å². The molecule has 0 aliphatic carbocycles. The number of anilines is 1. The van der Waals surface area contributed by atoms with Crippen molar-refractivity contribution in [2.24, 2.45) is 0 Å². The molecule has 0 radical (unpaired) electrons. The Kier molecular flexibility index (Phi) is 4.33. The van der Waals surface area contributed by atoms with Gasteiger partial charge in [-0.15, -0.1) is 0 Å². The number of nitrogens with one attached hydrogen (secondary N) is 1. The van der Waals surface area contributed by atoms with E-state index in [1.165, 1.54) is 12.1 Å². The van der Waals surface area contributed by atoms with Crippen molar-refractivity contribution in [3.63, 3.8) is 0 Å². The Hall–Kier alpha value is -4.26. The number of halogens is 1. The van der Waals surface area contributed by atoms with Crippen LogP contribution in [0.25, 0.3) is 33.9 Å². The van der Waals surface area contributed by atoms with E-state index in [0.717, 1.165) is 0 Å². The van der Waals surface area contributed by atoms with Crippen LogP contribution in [0.15, 0.2) is 88.1 Å².